The third-order valence-electron chi connectivity index (χ3n) is 4.69. The van der Waals surface area contributed by atoms with Gasteiger partial charge in [0.1, 0.15) is 5.60 Å². The van der Waals surface area contributed by atoms with Crippen LogP contribution in [0.25, 0.3) is 0 Å². The summed E-state index contributed by atoms with van der Waals surface area (Å²) in [7, 11) is -0.324. The predicted molar refractivity (Wildman–Crippen MR) is 91.1 cm³/mol. The summed E-state index contributed by atoms with van der Waals surface area (Å²) in [6.45, 7) is 15.2. The van der Waals surface area contributed by atoms with Gasteiger partial charge in [-0.3, -0.25) is 0 Å². The average molecular weight is 323 g/mol. The maximum atomic E-state index is 12.1. The van der Waals surface area contributed by atoms with Crippen LogP contribution < -0.4 is 0 Å². The van der Waals surface area contributed by atoms with Gasteiger partial charge in [-0.2, -0.15) is 0 Å². The molecule has 6 heteroatoms. The molecule has 130 valence electrons. The number of carbonyl (C=O) groups excluding carboxylic acids is 1. The predicted octanol–water partition coefficient (Wildman–Crippen LogP) is 3.43. The lowest BCUT2D eigenvalue weighted by molar-refractivity contribution is 0.00578. The van der Waals surface area contributed by atoms with Crippen LogP contribution in [0, 0.1) is 5.92 Å². The molecule has 0 aromatic carbocycles. The first kappa shape index (κ1) is 18.3. The second-order valence-electron chi connectivity index (χ2n) is 8.48. The Bertz CT molecular complexity index is 465. The lowest BCUT2D eigenvalue weighted by Crippen LogP contribution is -2.41. The lowest BCUT2D eigenvalue weighted by atomic mass is 9.88. The molecule has 2 aliphatic rings. The third kappa shape index (κ3) is 4.51. The molecule has 2 fully saturated rings. The molecule has 1 amide bonds. The van der Waals surface area contributed by atoms with Crippen LogP contribution in [0.15, 0.2) is 12.1 Å². The first-order valence-electron chi connectivity index (χ1n) is 8.41. The second-order valence-corrected chi connectivity index (χ2v) is 8.48. The van der Waals surface area contributed by atoms with Gasteiger partial charge in [0, 0.05) is 13.1 Å². The second kappa shape index (κ2) is 6.13. The molecular weight excluding hydrogens is 293 g/mol. The van der Waals surface area contributed by atoms with Gasteiger partial charge in [0.15, 0.2) is 0 Å². The highest BCUT2D eigenvalue weighted by Gasteiger charge is 2.50. The van der Waals surface area contributed by atoms with Crippen LogP contribution >= 0.6 is 0 Å². The summed E-state index contributed by atoms with van der Waals surface area (Å²) in [6.07, 6.45) is 2.81. The Labute approximate surface area is 140 Å². The largest absolute Gasteiger partial charge is 0.486 e. The summed E-state index contributed by atoms with van der Waals surface area (Å²) in [5, 5.41) is 0. The molecule has 0 aromatic heterocycles. The Morgan fingerprint density at radius 3 is 2.30 bits per heavy atom. The standard InChI is InChI=1S/C17H30BNO4/c1-15(2,3)21-14(20)19-11-9-13(12-19)8-10-18-22-16(4,5)17(6,7)23-18/h8,10,13H,9,11-12H2,1-7H3/b10-8+. The number of likely N-dealkylation sites (tertiary alicyclic amines) is 1. The number of hydrogen-bond acceptors (Lipinski definition) is 4. The first-order chi connectivity index (χ1) is 10.4. The Morgan fingerprint density at radius 1 is 1.22 bits per heavy atom. The molecule has 2 heterocycles. The van der Waals surface area contributed by atoms with Crippen LogP contribution in [0.5, 0.6) is 0 Å². The first-order valence-corrected chi connectivity index (χ1v) is 8.41. The highest BCUT2D eigenvalue weighted by atomic mass is 16.7. The number of nitrogens with zero attached hydrogens (tertiary/aromatic N) is 1. The topological polar surface area (TPSA) is 48.0 Å². The van der Waals surface area contributed by atoms with Crippen molar-refractivity contribution < 1.29 is 18.8 Å². The van der Waals surface area contributed by atoms with Gasteiger partial charge in [0.05, 0.1) is 11.2 Å². The Morgan fingerprint density at radius 2 is 1.78 bits per heavy atom. The van der Waals surface area contributed by atoms with Gasteiger partial charge >= 0.3 is 13.2 Å². The van der Waals surface area contributed by atoms with Gasteiger partial charge in [-0.15, -0.1) is 0 Å². The van der Waals surface area contributed by atoms with Crippen LogP contribution in [0.2, 0.25) is 0 Å². The highest BCUT2D eigenvalue weighted by Crippen LogP contribution is 2.37. The fourth-order valence-corrected chi connectivity index (χ4v) is 2.65. The van der Waals surface area contributed by atoms with Crippen molar-refractivity contribution in [2.24, 2.45) is 5.92 Å². The van der Waals surface area contributed by atoms with E-state index in [1.54, 1.807) is 4.90 Å². The zero-order chi connectivity index (χ0) is 17.5. The monoisotopic (exact) mass is 323 g/mol. The van der Waals surface area contributed by atoms with Gasteiger partial charge < -0.3 is 18.9 Å². The summed E-state index contributed by atoms with van der Waals surface area (Å²) in [6, 6.07) is 0. The number of rotatable bonds is 2. The molecule has 0 aliphatic carbocycles. The molecular formula is C17H30BNO4. The molecule has 0 saturated carbocycles. The minimum atomic E-state index is -0.451. The van der Waals surface area contributed by atoms with Gasteiger partial charge in [0.2, 0.25) is 0 Å². The Hall–Kier alpha value is -1.01. The molecule has 2 aliphatic heterocycles. The fourth-order valence-electron chi connectivity index (χ4n) is 2.65. The van der Waals surface area contributed by atoms with E-state index < -0.39 is 5.60 Å². The van der Waals surface area contributed by atoms with Crippen LogP contribution in [0.4, 0.5) is 4.79 Å². The van der Waals surface area contributed by atoms with Crippen molar-refractivity contribution in [1.29, 1.82) is 0 Å². The number of carbonyl (C=O) groups is 1. The van der Waals surface area contributed by atoms with Gasteiger partial charge in [0.25, 0.3) is 0 Å². The van der Waals surface area contributed by atoms with Crippen molar-refractivity contribution in [3.05, 3.63) is 12.1 Å². The Kier molecular flexibility index (Phi) is 4.89. The van der Waals surface area contributed by atoms with Crippen molar-refractivity contribution in [3.63, 3.8) is 0 Å². The Balaban J connectivity index is 1.86. The van der Waals surface area contributed by atoms with Crippen LogP contribution in [0.1, 0.15) is 54.9 Å². The third-order valence-corrected chi connectivity index (χ3v) is 4.69. The van der Waals surface area contributed by atoms with E-state index in [9.17, 15) is 4.79 Å². The minimum Gasteiger partial charge on any atom is -0.444 e. The van der Waals surface area contributed by atoms with E-state index in [0.717, 1.165) is 13.0 Å². The smallest absolute Gasteiger partial charge is 0.444 e. The van der Waals surface area contributed by atoms with Crippen LogP contribution in [-0.4, -0.2) is 48.0 Å². The van der Waals surface area contributed by atoms with E-state index >= 15 is 0 Å². The maximum Gasteiger partial charge on any atom is 0.486 e. The SMILES string of the molecule is CC(C)(C)OC(=O)N1CCC(/C=C/B2OC(C)(C)C(C)(C)O2)C1. The molecule has 2 saturated heterocycles. The van der Waals surface area contributed by atoms with Gasteiger partial charge in [-0.05, 0) is 60.8 Å². The molecule has 5 nitrogen and oxygen atoms in total. The highest BCUT2D eigenvalue weighted by molar-refractivity contribution is 6.51. The van der Waals surface area contributed by atoms with Crippen molar-refractivity contribution in [2.45, 2.75) is 71.7 Å². The minimum absolute atomic E-state index is 0.232. The van der Waals surface area contributed by atoms with Crippen LogP contribution in [0.3, 0.4) is 0 Å². The van der Waals surface area contributed by atoms with E-state index in [1.165, 1.54) is 0 Å². The molecule has 0 bridgehead atoms. The zero-order valence-corrected chi connectivity index (χ0v) is 15.5. The summed E-state index contributed by atoms with van der Waals surface area (Å²) in [4.78, 5) is 13.8. The number of hydrogen-bond donors (Lipinski definition) is 0. The molecule has 0 N–H and O–H groups in total. The summed E-state index contributed by atoms with van der Waals surface area (Å²) >= 11 is 0. The summed E-state index contributed by atoms with van der Waals surface area (Å²) in [5.74, 6) is 2.29. The average Bonchev–Trinajstić information content (AvgIpc) is 2.88. The lowest BCUT2D eigenvalue weighted by Gasteiger charge is -2.32. The summed E-state index contributed by atoms with van der Waals surface area (Å²) in [5.41, 5.74) is -1.09. The van der Waals surface area contributed by atoms with Crippen molar-refractivity contribution >= 4 is 13.2 Å². The number of amides is 1. The normalized spacial score (nSPS) is 27.0. The zero-order valence-electron chi connectivity index (χ0n) is 15.5. The van der Waals surface area contributed by atoms with Crippen LogP contribution in [-0.2, 0) is 14.0 Å². The quantitative estimate of drug-likeness (QED) is 0.731. The molecule has 23 heavy (non-hydrogen) atoms. The molecule has 0 spiro atoms. The molecule has 1 atom stereocenters. The van der Waals surface area contributed by atoms with Crippen molar-refractivity contribution in [1.82, 2.24) is 4.90 Å². The molecule has 0 radical (unpaired) electrons. The summed E-state index contributed by atoms with van der Waals surface area (Å²) < 4.78 is 17.3. The van der Waals surface area contributed by atoms with E-state index in [4.69, 9.17) is 14.0 Å². The van der Waals surface area contributed by atoms with E-state index in [0.29, 0.717) is 12.5 Å². The molecule has 0 aromatic rings. The maximum absolute atomic E-state index is 12.1. The molecule has 1 unspecified atom stereocenters. The fraction of sp³-hybridized carbons (Fsp3) is 0.824. The van der Waals surface area contributed by atoms with E-state index in [-0.39, 0.29) is 24.4 Å². The van der Waals surface area contributed by atoms with Gasteiger partial charge in [-0.1, -0.05) is 12.1 Å². The van der Waals surface area contributed by atoms with Gasteiger partial charge in [-0.25, -0.2) is 4.79 Å². The van der Waals surface area contributed by atoms with E-state index in [2.05, 4.69) is 6.08 Å². The van der Waals surface area contributed by atoms with E-state index in [1.807, 2.05) is 54.4 Å². The number of ether oxygens (including phenoxy) is 1. The molecule has 2 rings (SSSR count). The van der Waals surface area contributed by atoms with Crippen molar-refractivity contribution in [2.75, 3.05) is 13.1 Å². The van der Waals surface area contributed by atoms with Crippen molar-refractivity contribution in [3.8, 4) is 0 Å².